The van der Waals surface area contributed by atoms with Crippen LogP contribution in [0.4, 0.5) is 32.8 Å². The Morgan fingerprint density at radius 1 is 0.875 bits per heavy atom. The lowest BCUT2D eigenvalue weighted by Gasteiger charge is -2.37. The van der Waals surface area contributed by atoms with Crippen LogP contribution in [0.15, 0.2) is 125 Å². The number of morpholine rings is 1. The lowest BCUT2D eigenvalue weighted by molar-refractivity contribution is -0.383. The quantitative estimate of drug-likeness (QED) is 0.0323. The predicted molar refractivity (Wildman–Crippen MR) is 291 cm³/mol. The highest BCUT2D eigenvalue weighted by Gasteiger charge is 2.32. The van der Waals surface area contributed by atoms with Gasteiger partial charge in [0.2, 0.25) is 0 Å². The number of sulfone groups is 1. The standard InChI is InChI=1S/C53H62ClFN7O7PS2/c1-6-69-70(65,47-20-21-49(50(35-47)62(63)64)56-44(22-23-58-28-30-68-31-29-58)36-71-48-10-8-7-9-11-48)57-43-16-18-45(19-17-43)59-24-26-60(27-25-59)46-33-40(32-42(55)34-46)51-52(39-12-14-41(54)15-13-39)61(37(2)3)38(4)53(51)72(5,66)67/h7-21,32-35,37,44,56H,6,22-31,36H2,1-5H3,(H,57,65). The van der Waals surface area contributed by atoms with Gasteiger partial charge in [-0.15, -0.1) is 11.8 Å². The van der Waals surface area contributed by atoms with Gasteiger partial charge in [-0.1, -0.05) is 41.9 Å². The number of aromatic nitrogens is 1. The lowest BCUT2D eigenvalue weighted by atomic mass is 9.99. The molecule has 5 aromatic carbocycles. The summed E-state index contributed by atoms with van der Waals surface area (Å²) in [4.78, 5) is 20.1. The zero-order valence-electron chi connectivity index (χ0n) is 41.2. The van der Waals surface area contributed by atoms with Gasteiger partial charge >= 0.3 is 7.52 Å². The number of anilines is 4. The number of hydrogen-bond donors (Lipinski definition) is 2. The van der Waals surface area contributed by atoms with Crippen molar-refractivity contribution in [2.45, 2.75) is 56.0 Å². The van der Waals surface area contributed by atoms with Gasteiger partial charge < -0.3 is 34.0 Å². The van der Waals surface area contributed by atoms with E-state index in [0.29, 0.717) is 89.7 Å². The first-order chi connectivity index (χ1) is 34.5. The first-order valence-electron chi connectivity index (χ1n) is 24.2. The molecule has 1 aromatic heterocycles. The van der Waals surface area contributed by atoms with Crippen molar-refractivity contribution in [1.82, 2.24) is 9.47 Å². The molecule has 0 aliphatic carbocycles. The number of thioether (sulfide) groups is 1. The second kappa shape index (κ2) is 23.2. The van der Waals surface area contributed by atoms with Crippen molar-refractivity contribution in [3.63, 3.8) is 0 Å². The topological polar surface area (TPSA) is 152 Å². The second-order valence-corrected chi connectivity index (χ2v) is 23.9. The largest absolute Gasteiger partial charge is 0.379 e. The number of nitro benzene ring substituents is 1. The van der Waals surface area contributed by atoms with Crippen molar-refractivity contribution in [1.29, 1.82) is 0 Å². The predicted octanol–water partition coefficient (Wildman–Crippen LogP) is 11.4. The maximum Gasteiger partial charge on any atom is 0.324 e. The number of nitro groups is 1. The van der Waals surface area contributed by atoms with Gasteiger partial charge in [-0.05, 0) is 124 Å². The molecule has 8 rings (SSSR count). The summed E-state index contributed by atoms with van der Waals surface area (Å²) < 4.78 is 70.9. The molecule has 0 amide bonds. The van der Waals surface area contributed by atoms with Crippen LogP contribution >= 0.6 is 30.9 Å². The molecule has 0 radical (unpaired) electrons. The molecular weight excluding hydrogens is 996 g/mol. The van der Waals surface area contributed by atoms with Crippen molar-refractivity contribution >= 4 is 74.5 Å². The van der Waals surface area contributed by atoms with Crippen molar-refractivity contribution in [3.05, 3.63) is 142 Å². The smallest absolute Gasteiger partial charge is 0.324 e. The molecule has 2 atom stereocenters. The van der Waals surface area contributed by atoms with E-state index in [0.717, 1.165) is 42.2 Å². The average molecular weight is 1060 g/mol. The fraction of sp³-hybridized carbons (Fsp3) is 0.358. The summed E-state index contributed by atoms with van der Waals surface area (Å²) in [6.07, 6.45) is 1.95. The van der Waals surface area contributed by atoms with Gasteiger partial charge in [0.05, 0.1) is 40.6 Å². The number of hydrogen-bond acceptors (Lipinski definition) is 12. The maximum absolute atomic E-state index is 15.8. The SMILES string of the molecule is CCOP(=O)(Nc1ccc(N2CCN(c3cc(F)cc(-c4c(S(C)(=O)=O)c(C)n(C(C)C)c4-c4ccc(Cl)cc4)c3)CC2)cc1)c1ccc(NC(CCN2CCOCC2)CSc2ccccc2)c([N+](=O)[O-])c1. The Kier molecular flexibility index (Phi) is 17.1. The van der Waals surface area contributed by atoms with Crippen LogP contribution in [-0.2, 0) is 23.7 Å². The van der Waals surface area contributed by atoms with Crippen LogP contribution in [0.5, 0.6) is 0 Å². The first-order valence-corrected chi connectivity index (χ1v) is 29.1. The summed E-state index contributed by atoms with van der Waals surface area (Å²) in [5.41, 5.74) is 5.16. The highest BCUT2D eigenvalue weighted by atomic mass is 35.5. The Labute approximate surface area is 431 Å². The molecule has 2 fully saturated rings. The summed E-state index contributed by atoms with van der Waals surface area (Å²) in [6, 6.07) is 33.9. The summed E-state index contributed by atoms with van der Waals surface area (Å²) in [5, 5.41) is 19.9. The third-order valence-corrected chi connectivity index (χ3v) is 17.8. The number of nitrogens with one attached hydrogen (secondary N) is 2. The van der Waals surface area contributed by atoms with Crippen LogP contribution in [0.3, 0.4) is 0 Å². The van der Waals surface area contributed by atoms with Gasteiger partial charge in [-0.3, -0.25) is 19.6 Å². The molecule has 72 heavy (non-hydrogen) atoms. The molecule has 14 nitrogen and oxygen atoms in total. The molecule has 0 saturated carbocycles. The van der Waals surface area contributed by atoms with E-state index in [1.807, 2.05) is 91.2 Å². The zero-order valence-corrected chi connectivity index (χ0v) is 44.5. The number of rotatable bonds is 20. The van der Waals surface area contributed by atoms with Crippen molar-refractivity contribution in [2.24, 2.45) is 0 Å². The fourth-order valence-electron chi connectivity index (χ4n) is 9.61. The Balaban J connectivity index is 0.971. The first kappa shape index (κ1) is 52.9. The van der Waals surface area contributed by atoms with Gasteiger partial charge in [0, 0.05) is 114 Å². The van der Waals surface area contributed by atoms with Gasteiger partial charge in [-0.2, -0.15) is 0 Å². The van der Waals surface area contributed by atoms with E-state index in [2.05, 4.69) is 25.1 Å². The van der Waals surface area contributed by atoms with E-state index in [-0.39, 0.29) is 34.6 Å². The van der Waals surface area contributed by atoms with E-state index in [1.54, 1.807) is 49.9 Å². The van der Waals surface area contributed by atoms with Crippen LogP contribution in [0.1, 0.15) is 38.9 Å². The summed E-state index contributed by atoms with van der Waals surface area (Å²) in [7, 11) is -7.61. The molecule has 2 N–H and O–H groups in total. The zero-order chi connectivity index (χ0) is 51.2. The molecule has 0 bridgehead atoms. The third-order valence-electron chi connectivity index (χ3n) is 13.0. The van der Waals surface area contributed by atoms with Crippen LogP contribution in [0.2, 0.25) is 5.02 Å². The molecule has 2 unspecified atom stereocenters. The monoisotopic (exact) mass is 1060 g/mol. The Morgan fingerprint density at radius 2 is 1.54 bits per heavy atom. The molecule has 6 aromatic rings. The van der Waals surface area contributed by atoms with E-state index < -0.39 is 28.1 Å². The number of halogens is 2. The average Bonchev–Trinajstić information content (AvgIpc) is 3.69. The molecule has 3 heterocycles. The molecule has 2 aliphatic heterocycles. The third kappa shape index (κ3) is 12.5. The maximum atomic E-state index is 15.8. The van der Waals surface area contributed by atoms with Crippen molar-refractivity contribution in [3.8, 4) is 22.4 Å². The Morgan fingerprint density at radius 3 is 2.17 bits per heavy atom. The number of piperazine rings is 1. The lowest BCUT2D eigenvalue weighted by Crippen LogP contribution is -2.46. The van der Waals surface area contributed by atoms with E-state index >= 15 is 4.39 Å². The number of ether oxygens (including phenoxy) is 1. The number of benzene rings is 5. The van der Waals surface area contributed by atoms with E-state index in [4.69, 9.17) is 20.9 Å². The van der Waals surface area contributed by atoms with Gasteiger partial charge in [0.15, 0.2) is 9.84 Å². The van der Waals surface area contributed by atoms with Crippen LogP contribution in [0.25, 0.3) is 22.4 Å². The summed E-state index contributed by atoms with van der Waals surface area (Å²) in [6.45, 7) is 13.8. The molecule has 382 valence electrons. The van der Waals surface area contributed by atoms with Crippen molar-refractivity contribution in [2.75, 3.05) is 97.8 Å². The van der Waals surface area contributed by atoms with Gasteiger partial charge in [-0.25, -0.2) is 12.8 Å². The highest BCUT2D eigenvalue weighted by Crippen LogP contribution is 2.48. The van der Waals surface area contributed by atoms with Crippen LogP contribution in [0, 0.1) is 22.9 Å². The Hall–Kier alpha value is -5.39. The van der Waals surface area contributed by atoms with Gasteiger partial charge in [0.1, 0.15) is 11.5 Å². The molecule has 2 aliphatic rings. The minimum atomic E-state index is -3.86. The number of nitrogens with zero attached hydrogens (tertiary/aromatic N) is 5. The second-order valence-electron chi connectivity index (χ2n) is 18.3. The minimum Gasteiger partial charge on any atom is -0.379 e. The molecule has 2 saturated heterocycles. The molecular formula is C53H62ClFN7O7PS2. The molecule has 0 spiro atoms. The van der Waals surface area contributed by atoms with Crippen LogP contribution < -0.4 is 25.5 Å². The van der Waals surface area contributed by atoms with Gasteiger partial charge in [0.25, 0.3) is 5.69 Å². The normalized spacial score (nSPS) is 15.9. The summed E-state index contributed by atoms with van der Waals surface area (Å²) >= 11 is 7.96. The summed E-state index contributed by atoms with van der Waals surface area (Å²) in [5.74, 6) is 0.205. The van der Waals surface area contributed by atoms with Crippen LogP contribution in [-0.4, -0.2) is 106 Å². The Bertz CT molecular complexity index is 3010. The minimum absolute atomic E-state index is 0.0972. The highest BCUT2D eigenvalue weighted by molar-refractivity contribution is 7.99. The van der Waals surface area contributed by atoms with Crippen molar-refractivity contribution < 1.29 is 31.6 Å². The van der Waals surface area contributed by atoms with E-state index in [9.17, 15) is 23.1 Å². The molecule has 19 heteroatoms. The fourth-order valence-corrected chi connectivity index (χ4v) is 13.7. The van der Waals surface area contributed by atoms with E-state index in [1.165, 1.54) is 24.5 Å².